The number of nitrogens with zero attached hydrogens (tertiary/aromatic N) is 2. The van der Waals surface area contributed by atoms with Crippen LogP contribution in [0.1, 0.15) is 0 Å². The Morgan fingerprint density at radius 1 is 1.75 bits per heavy atom. The van der Waals surface area contributed by atoms with Crippen LogP contribution in [0.15, 0.2) is 0 Å². The highest BCUT2D eigenvalue weighted by atomic mass is 32.2. The number of nitrogens with one attached hydrogen (secondary N) is 1. The first kappa shape index (κ1) is 8.76. The minimum atomic E-state index is -4.01. The van der Waals surface area contributed by atoms with Crippen LogP contribution in [0.25, 0.3) is 0 Å². The number of nitrogens with two attached hydrogens (primary N) is 1. The summed E-state index contributed by atoms with van der Waals surface area (Å²) in [6.07, 6.45) is 0. The molecule has 1 rings (SSSR count). The first-order chi connectivity index (χ1) is 5.44. The zero-order valence-electron chi connectivity index (χ0n) is 5.89. The van der Waals surface area contributed by atoms with E-state index in [4.69, 9.17) is 5.26 Å². The molecular formula is C4H6N4O3S. The number of carbonyl (C=O) groups is 1. The Bertz CT molecular complexity index is 342. The molecule has 0 aliphatic carbocycles. The summed E-state index contributed by atoms with van der Waals surface area (Å²) in [5.41, 5.74) is 0. The van der Waals surface area contributed by atoms with Crippen molar-refractivity contribution < 1.29 is 13.2 Å². The Morgan fingerprint density at radius 2 is 2.33 bits per heavy atom. The van der Waals surface area contributed by atoms with E-state index < -0.39 is 22.3 Å². The molecule has 66 valence electrons. The lowest BCUT2D eigenvalue weighted by Gasteiger charge is -2.01. The Labute approximate surface area is 68.9 Å². The Balaban J connectivity index is 2.49. The van der Waals surface area contributed by atoms with E-state index in [2.05, 4.69) is 5.14 Å². The Hall–Kier alpha value is -1.33. The quantitative estimate of drug-likeness (QED) is 0.470. The first-order valence-electron chi connectivity index (χ1n) is 2.95. The van der Waals surface area contributed by atoms with Gasteiger partial charge in [-0.15, -0.1) is 0 Å². The van der Waals surface area contributed by atoms with Crippen LogP contribution in [-0.4, -0.2) is 31.9 Å². The van der Waals surface area contributed by atoms with Gasteiger partial charge in [-0.25, -0.2) is 14.7 Å². The number of carbonyl (C=O) groups excluding carboxylic acids is 1. The Kier molecular flexibility index (Phi) is 1.91. The van der Waals surface area contributed by atoms with Gasteiger partial charge in [-0.05, 0) is 0 Å². The maximum atomic E-state index is 10.8. The molecule has 1 atom stereocenters. The highest BCUT2D eigenvalue weighted by molar-refractivity contribution is 7.87. The molecule has 3 N–H and O–H groups in total. The van der Waals surface area contributed by atoms with Gasteiger partial charge in [-0.2, -0.15) is 13.7 Å². The molecule has 12 heavy (non-hydrogen) atoms. The van der Waals surface area contributed by atoms with Crippen molar-refractivity contribution in [1.29, 1.82) is 5.26 Å². The van der Waals surface area contributed by atoms with Gasteiger partial charge >= 0.3 is 6.03 Å². The van der Waals surface area contributed by atoms with Crippen molar-refractivity contribution in [2.45, 2.75) is 6.04 Å². The van der Waals surface area contributed by atoms with Gasteiger partial charge in [0.05, 0.1) is 12.6 Å². The second kappa shape index (κ2) is 2.62. The lowest BCUT2D eigenvalue weighted by Crippen LogP contribution is -2.39. The van der Waals surface area contributed by atoms with Crippen LogP contribution in [0.3, 0.4) is 0 Å². The zero-order chi connectivity index (χ0) is 9.35. The Morgan fingerprint density at radius 3 is 2.67 bits per heavy atom. The van der Waals surface area contributed by atoms with E-state index in [-0.39, 0.29) is 6.54 Å². The summed E-state index contributed by atoms with van der Waals surface area (Å²) in [5, 5.41) is 12.8. The molecule has 1 aliphatic heterocycles. The lowest BCUT2D eigenvalue weighted by molar-refractivity contribution is 0.234. The summed E-state index contributed by atoms with van der Waals surface area (Å²) in [7, 11) is -4.01. The molecular weight excluding hydrogens is 184 g/mol. The average Bonchev–Trinajstić information content (AvgIpc) is 2.60. The average molecular weight is 190 g/mol. The summed E-state index contributed by atoms with van der Waals surface area (Å²) < 4.78 is 22.1. The molecule has 1 heterocycles. The van der Waals surface area contributed by atoms with Crippen molar-refractivity contribution in [1.82, 2.24) is 9.62 Å². The highest BCUT2D eigenvalue weighted by Gasteiger charge is 2.39. The molecule has 0 aromatic carbocycles. The molecule has 1 unspecified atom stereocenters. The second-order valence-electron chi connectivity index (χ2n) is 2.25. The minimum Gasteiger partial charge on any atom is -0.303 e. The van der Waals surface area contributed by atoms with E-state index in [1.807, 2.05) is 0 Å². The van der Waals surface area contributed by atoms with Crippen LogP contribution in [-0.2, 0) is 10.2 Å². The summed E-state index contributed by atoms with van der Waals surface area (Å²) in [6, 6.07) is 0.406. The van der Waals surface area contributed by atoms with E-state index in [0.29, 0.717) is 0 Å². The number of rotatable bonds is 1. The van der Waals surface area contributed by atoms with E-state index >= 15 is 0 Å². The monoisotopic (exact) mass is 190 g/mol. The highest BCUT2D eigenvalue weighted by Crippen LogP contribution is 2.15. The van der Waals surface area contributed by atoms with Gasteiger partial charge < -0.3 is 4.90 Å². The van der Waals surface area contributed by atoms with Crippen LogP contribution in [0.4, 0.5) is 4.79 Å². The molecule has 7 nitrogen and oxygen atoms in total. The van der Waals surface area contributed by atoms with Crippen molar-refractivity contribution in [2.24, 2.45) is 5.14 Å². The van der Waals surface area contributed by atoms with Crippen molar-refractivity contribution in [3.63, 3.8) is 0 Å². The number of hydrogen-bond acceptors (Lipinski definition) is 4. The molecule has 0 bridgehead atoms. The maximum absolute atomic E-state index is 10.8. The molecule has 0 radical (unpaired) electrons. The molecule has 1 saturated heterocycles. The first-order valence-corrected chi connectivity index (χ1v) is 4.49. The molecule has 0 saturated carbocycles. The molecule has 1 aliphatic rings. The van der Waals surface area contributed by atoms with Gasteiger partial charge in [-0.3, -0.25) is 0 Å². The number of urea groups is 1. The van der Waals surface area contributed by atoms with Crippen LogP contribution < -0.4 is 9.86 Å². The third-order valence-electron chi connectivity index (χ3n) is 1.25. The van der Waals surface area contributed by atoms with Gasteiger partial charge in [0.2, 0.25) is 0 Å². The fraction of sp³-hybridized carbons (Fsp3) is 0.500. The van der Waals surface area contributed by atoms with Gasteiger partial charge in [0.15, 0.2) is 0 Å². The van der Waals surface area contributed by atoms with Crippen LogP contribution in [0.5, 0.6) is 0 Å². The summed E-state index contributed by atoms with van der Waals surface area (Å²) in [6.45, 7) is 0.248. The van der Waals surface area contributed by atoms with Crippen LogP contribution in [0.2, 0.25) is 0 Å². The smallest absolute Gasteiger partial charge is 0.303 e. The molecule has 2 amide bonds. The van der Waals surface area contributed by atoms with Gasteiger partial charge in [0, 0.05) is 0 Å². The fourth-order valence-corrected chi connectivity index (χ4v) is 1.02. The fourth-order valence-electron chi connectivity index (χ4n) is 0.654. The van der Waals surface area contributed by atoms with Crippen molar-refractivity contribution in [3.05, 3.63) is 0 Å². The lowest BCUT2D eigenvalue weighted by atomic mass is 10.5. The third-order valence-corrected chi connectivity index (χ3v) is 1.71. The second-order valence-corrected chi connectivity index (χ2v) is 3.54. The van der Waals surface area contributed by atoms with Crippen LogP contribution in [0, 0.1) is 11.3 Å². The van der Waals surface area contributed by atoms with E-state index in [1.54, 1.807) is 6.07 Å². The maximum Gasteiger partial charge on any atom is 0.333 e. The number of nitriles is 1. The number of amides is 2. The zero-order valence-corrected chi connectivity index (χ0v) is 6.71. The summed E-state index contributed by atoms with van der Waals surface area (Å²) >= 11 is 0. The standard InChI is InChI=1S/C4H6N4O3S/c5-1-3-2-8(3)4(9)7-12(6,10)11/h3H,2H2,(H,7,9)(H2,6,10,11). The van der Waals surface area contributed by atoms with Crippen molar-refractivity contribution in [2.75, 3.05) is 6.54 Å². The van der Waals surface area contributed by atoms with Gasteiger partial charge in [-0.1, -0.05) is 0 Å². The third kappa shape index (κ3) is 2.08. The number of hydrogen-bond donors (Lipinski definition) is 2. The van der Waals surface area contributed by atoms with Gasteiger partial charge in [0.1, 0.15) is 6.04 Å². The van der Waals surface area contributed by atoms with Crippen molar-refractivity contribution >= 4 is 16.2 Å². The molecule has 0 aromatic heterocycles. The molecule has 1 fully saturated rings. The largest absolute Gasteiger partial charge is 0.333 e. The van der Waals surface area contributed by atoms with E-state index in [9.17, 15) is 13.2 Å². The van der Waals surface area contributed by atoms with Gasteiger partial charge in [0.25, 0.3) is 10.2 Å². The molecule has 0 spiro atoms. The van der Waals surface area contributed by atoms with Crippen LogP contribution >= 0.6 is 0 Å². The summed E-state index contributed by atoms with van der Waals surface area (Å²) in [4.78, 5) is 11.8. The van der Waals surface area contributed by atoms with Crippen molar-refractivity contribution in [3.8, 4) is 6.07 Å². The molecule has 8 heteroatoms. The topological polar surface area (TPSA) is 116 Å². The summed E-state index contributed by atoms with van der Waals surface area (Å²) in [5.74, 6) is 0. The predicted octanol–water partition coefficient (Wildman–Crippen LogP) is -1.89. The SMILES string of the molecule is N#CC1CN1C(=O)NS(N)(=O)=O. The normalized spacial score (nSPS) is 21.3. The molecule has 0 aromatic rings. The minimum absolute atomic E-state index is 0.248. The van der Waals surface area contributed by atoms with E-state index in [1.165, 1.54) is 4.72 Å². The predicted molar refractivity (Wildman–Crippen MR) is 37.7 cm³/mol. The van der Waals surface area contributed by atoms with E-state index in [0.717, 1.165) is 4.90 Å².